The average molecular weight is 453 g/mol. The smallest absolute Gasteiger partial charge is 0.274 e. The number of amides is 1. The number of rotatable bonds is 7. The number of halogens is 2. The zero-order chi connectivity index (χ0) is 23.2. The lowest BCUT2D eigenvalue weighted by molar-refractivity contribution is 0.102. The third kappa shape index (κ3) is 5.60. The summed E-state index contributed by atoms with van der Waals surface area (Å²) in [4.78, 5) is 27.0. The van der Waals surface area contributed by atoms with Gasteiger partial charge in [0.2, 0.25) is 5.95 Å². The third-order valence-electron chi connectivity index (χ3n) is 5.61. The van der Waals surface area contributed by atoms with Crippen LogP contribution in [0, 0.1) is 17.6 Å². The van der Waals surface area contributed by atoms with Gasteiger partial charge in [0.15, 0.2) is 17.4 Å². The normalized spacial score (nSPS) is 14.2. The van der Waals surface area contributed by atoms with Crippen LogP contribution in [0.4, 0.5) is 20.4 Å². The Labute approximate surface area is 190 Å². The molecule has 0 spiro atoms. The molecule has 1 fully saturated rings. The second-order valence-electron chi connectivity index (χ2n) is 7.92. The average Bonchev–Trinajstić information content (AvgIpc) is 2.84. The van der Waals surface area contributed by atoms with Crippen molar-refractivity contribution in [2.45, 2.75) is 26.2 Å². The fraction of sp³-hybridized carbons (Fsp3) is 0.333. The Morgan fingerprint density at radius 2 is 1.82 bits per heavy atom. The predicted octanol–water partition coefficient (Wildman–Crippen LogP) is 4.26. The molecule has 1 aliphatic heterocycles. The van der Waals surface area contributed by atoms with Gasteiger partial charge in [-0.2, -0.15) is 0 Å². The molecule has 1 saturated heterocycles. The molecule has 0 unspecified atom stereocenters. The van der Waals surface area contributed by atoms with Crippen LogP contribution in [-0.4, -0.2) is 40.6 Å². The molecule has 0 aliphatic carbocycles. The number of carbonyl (C=O) groups excluding carboxylic acids is 1. The number of hydrogen-bond donors (Lipinski definition) is 1. The molecule has 7 nitrogen and oxygen atoms in total. The van der Waals surface area contributed by atoms with Gasteiger partial charge in [0.1, 0.15) is 5.69 Å². The van der Waals surface area contributed by atoms with Gasteiger partial charge in [-0.3, -0.25) is 9.78 Å². The number of aromatic nitrogens is 3. The zero-order valence-electron chi connectivity index (χ0n) is 18.3. The first-order valence-corrected chi connectivity index (χ1v) is 10.9. The van der Waals surface area contributed by atoms with Crippen molar-refractivity contribution < 1.29 is 18.3 Å². The van der Waals surface area contributed by atoms with Gasteiger partial charge >= 0.3 is 0 Å². The van der Waals surface area contributed by atoms with E-state index in [1.54, 1.807) is 12.1 Å². The van der Waals surface area contributed by atoms with Crippen molar-refractivity contribution in [3.8, 4) is 5.75 Å². The van der Waals surface area contributed by atoms with Crippen LogP contribution in [0.25, 0.3) is 0 Å². The van der Waals surface area contributed by atoms with Crippen molar-refractivity contribution >= 4 is 17.5 Å². The highest BCUT2D eigenvalue weighted by Crippen LogP contribution is 2.28. The van der Waals surface area contributed by atoms with Crippen LogP contribution in [0.5, 0.6) is 5.75 Å². The second-order valence-corrected chi connectivity index (χ2v) is 7.92. The molecule has 0 atom stereocenters. The van der Waals surface area contributed by atoms with E-state index in [-0.39, 0.29) is 23.9 Å². The SMILES string of the molecule is CCc1cnc(N2CCC(COc3c(F)cc(NC(=O)c4ccccn4)cc3F)CC2)nc1. The lowest BCUT2D eigenvalue weighted by atomic mass is 9.98. The molecule has 9 heteroatoms. The maximum absolute atomic E-state index is 14.5. The maximum atomic E-state index is 14.5. The molecular formula is C24H25F2N5O2. The minimum atomic E-state index is -0.867. The molecule has 0 bridgehead atoms. The van der Waals surface area contributed by atoms with E-state index in [0.29, 0.717) is 5.95 Å². The van der Waals surface area contributed by atoms with Crippen molar-refractivity contribution in [3.63, 3.8) is 0 Å². The highest BCUT2D eigenvalue weighted by molar-refractivity contribution is 6.02. The molecule has 3 aromatic rings. The van der Waals surface area contributed by atoms with Gasteiger partial charge in [-0.25, -0.2) is 18.7 Å². The summed E-state index contributed by atoms with van der Waals surface area (Å²) in [5.74, 6) is -1.86. The number of anilines is 2. The van der Waals surface area contributed by atoms with Gasteiger partial charge in [0.25, 0.3) is 5.91 Å². The predicted molar refractivity (Wildman–Crippen MR) is 120 cm³/mol. The summed E-state index contributed by atoms with van der Waals surface area (Å²) in [5, 5.41) is 2.45. The first-order chi connectivity index (χ1) is 16.0. The van der Waals surface area contributed by atoms with Gasteiger partial charge in [0.05, 0.1) is 6.61 Å². The fourth-order valence-corrected chi connectivity index (χ4v) is 3.66. The van der Waals surface area contributed by atoms with E-state index in [0.717, 1.165) is 50.0 Å². The van der Waals surface area contributed by atoms with Crippen molar-refractivity contribution in [1.82, 2.24) is 15.0 Å². The van der Waals surface area contributed by atoms with E-state index >= 15 is 0 Å². The first-order valence-electron chi connectivity index (χ1n) is 10.9. The molecule has 4 rings (SSSR count). The summed E-state index contributed by atoms with van der Waals surface area (Å²) in [6.07, 6.45) is 7.65. The molecule has 172 valence electrons. The molecule has 0 saturated carbocycles. The van der Waals surface area contributed by atoms with E-state index in [2.05, 4.69) is 32.1 Å². The number of carbonyl (C=O) groups is 1. The highest BCUT2D eigenvalue weighted by atomic mass is 19.1. The number of ether oxygens (including phenoxy) is 1. The minimum absolute atomic E-state index is 0.00426. The number of pyridine rings is 1. The zero-order valence-corrected chi connectivity index (χ0v) is 18.3. The van der Waals surface area contributed by atoms with Gasteiger partial charge in [-0.1, -0.05) is 13.0 Å². The summed E-state index contributed by atoms with van der Waals surface area (Å²) in [6.45, 7) is 3.77. The van der Waals surface area contributed by atoms with Crippen LogP contribution in [-0.2, 0) is 6.42 Å². The van der Waals surface area contributed by atoms with E-state index in [1.807, 2.05) is 12.4 Å². The Hall–Kier alpha value is -3.62. The summed E-state index contributed by atoms with van der Waals surface area (Å²) >= 11 is 0. The van der Waals surface area contributed by atoms with E-state index in [4.69, 9.17) is 4.74 Å². The van der Waals surface area contributed by atoms with Crippen LogP contribution >= 0.6 is 0 Å². The molecule has 1 aromatic carbocycles. The Bertz CT molecular complexity index is 1060. The molecule has 1 aliphatic rings. The molecule has 2 aromatic heterocycles. The van der Waals surface area contributed by atoms with Gasteiger partial charge in [0, 0.05) is 49.5 Å². The Kier molecular flexibility index (Phi) is 7.07. The van der Waals surface area contributed by atoms with Crippen LogP contribution in [0.15, 0.2) is 48.9 Å². The standard InChI is InChI=1S/C24H25F2N5O2/c1-2-16-13-28-24(29-14-16)31-9-6-17(7-10-31)15-33-22-19(25)11-18(12-20(22)26)30-23(32)21-5-3-4-8-27-21/h3-5,8,11-14,17H,2,6-7,9-10,15H2,1H3,(H,30,32). The first kappa shape index (κ1) is 22.6. The fourth-order valence-electron chi connectivity index (χ4n) is 3.66. The number of hydrogen-bond acceptors (Lipinski definition) is 6. The number of piperidine rings is 1. The Morgan fingerprint density at radius 3 is 2.42 bits per heavy atom. The molecule has 33 heavy (non-hydrogen) atoms. The largest absolute Gasteiger partial charge is 0.487 e. The van der Waals surface area contributed by atoms with Crippen LogP contribution in [0.3, 0.4) is 0 Å². The minimum Gasteiger partial charge on any atom is -0.487 e. The quantitative estimate of drug-likeness (QED) is 0.576. The number of nitrogens with zero attached hydrogens (tertiary/aromatic N) is 4. The van der Waals surface area contributed by atoms with E-state index in [9.17, 15) is 13.6 Å². The molecule has 0 radical (unpaired) electrons. The van der Waals surface area contributed by atoms with E-state index in [1.165, 1.54) is 12.3 Å². The number of nitrogens with one attached hydrogen (secondary N) is 1. The summed E-state index contributed by atoms with van der Waals surface area (Å²) in [6, 6.07) is 6.92. The van der Waals surface area contributed by atoms with E-state index < -0.39 is 23.3 Å². The second kappa shape index (κ2) is 10.3. The topological polar surface area (TPSA) is 80.2 Å². The summed E-state index contributed by atoms with van der Waals surface area (Å²) in [7, 11) is 0. The van der Waals surface area contributed by atoms with Crippen LogP contribution in [0.1, 0.15) is 35.8 Å². The molecule has 1 N–H and O–H groups in total. The van der Waals surface area contributed by atoms with Crippen LogP contribution < -0.4 is 15.0 Å². The Morgan fingerprint density at radius 1 is 1.12 bits per heavy atom. The highest BCUT2D eigenvalue weighted by Gasteiger charge is 2.23. The lowest BCUT2D eigenvalue weighted by Gasteiger charge is -2.31. The molecule has 3 heterocycles. The summed E-state index contributed by atoms with van der Waals surface area (Å²) in [5.41, 5.74) is 1.24. The third-order valence-corrected chi connectivity index (χ3v) is 5.61. The van der Waals surface area contributed by atoms with Gasteiger partial charge < -0.3 is 15.0 Å². The number of aryl methyl sites for hydroxylation is 1. The maximum Gasteiger partial charge on any atom is 0.274 e. The summed E-state index contributed by atoms with van der Waals surface area (Å²) < 4.78 is 34.5. The van der Waals surface area contributed by atoms with Gasteiger partial charge in [-0.15, -0.1) is 0 Å². The lowest BCUT2D eigenvalue weighted by Crippen LogP contribution is -2.36. The van der Waals surface area contributed by atoms with Crippen molar-refractivity contribution in [1.29, 1.82) is 0 Å². The van der Waals surface area contributed by atoms with Crippen molar-refractivity contribution in [3.05, 3.63) is 71.8 Å². The monoisotopic (exact) mass is 453 g/mol. The van der Waals surface area contributed by atoms with Crippen molar-refractivity contribution in [2.24, 2.45) is 5.92 Å². The molecular weight excluding hydrogens is 428 g/mol. The Balaban J connectivity index is 1.31. The van der Waals surface area contributed by atoms with Crippen molar-refractivity contribution in [2.75, 3.05) is 29.9 Å². The van der Waals surface area contributed by atoms with Crippen LogP contribution in [0.2, 0.25) is 0 Å². The number of benzene rings is 1. The molecule has 1 amide bonds. The van der Waals surface area contributed by atoms with Gasteiger partial charge in [-0.05, 0) is 42.9 Å².